The van der Waals surface area contributed by atoms with E-state index in [1.165, 1.54) is 0 Å². The largest absolute Gasteiger partial charge is 0.343 e. The molecule has 1 unspecified atom stereocenters. The molecule has 2 bridgehead atoms. The molecule has 2 aliphatic heterocycles. The Morgan fingerprint density at radius 1 is 1.60 bits per heavy atom. The van der Waals surface area contributed by atoms with Crippen LogP contribution in [0.2, 0.25) is 0 Å². The van der Waals surface area contributed by atoms with Crippen molar-refractivity contribution in [2.75, 3.05) is 6.61 Å². The monoisotopic (exact) mass is 146 g/mol. The quantitative estimate of drug-likeness (QED) is 0.484. The van der Waals surface area contributed by atoms with Crippen molar-refractivity contribution in [3.8, 4) is 0 Å². The zero-order valence-corrected chi connectivity index (χ0v) is 5.25. The third-order valence-electron chi connectivity index (χ3n) is 1.76. The fraction of sp³-hybridized carbons (Fsp3) is 0.833. The zero-order valence-electron chi connectivity index (χ0n) is 5.25. The number of ether oxygens (including phenoxy) is 2. The van der Waals surface area contributed by atoms with Crippen molar-refractivity contribution in [1.29, 1.82) is 0 Å². The molecule has 0 saturated carbocycles. The third kappa shape index (κ3) is 0.759. The van der Waals surface area contributed by atoms with Crippen molar-refractivity contribution in [3.05, 3.63) is 0 Å². The van der Waals surface area contributed by atoms with Crippen molar-refractivity contribution < 1.29 is 18.7 Å². The summed E-state index contributed by atoms with van der Waals surface area (Å²) in [5.41, 5.74) is 0. The average Bonchev–Trinajstić information content (AvgIpc) is 2.29. The highest BCUT2D eigenvalue weighted by molar-refractivity contribution is 5.87. The van der Waals surface area contributed by atoms with Gasteiger partial charge in [0, 0.05) is 6.42 Å². The van der Waals surface area contributed by atoms with Crippen molar-refractivity contribution in [2.24, 2.45) is 0 Å². The van der Waals surface area contributed by atoms with Crippen LogP contribution in [0, 0.1) is 0 Å². The summed E-state index contributed by atoms with van der Waals surface area (Å²) in [6.07, 6.45) is -2.31. The van der Waals surface area contributed by atoms with Crippen LogP contribution in [0.5, 0.6) is 0 Å². The zero-order chi connectivity index (χ0) is 7.14. The van der Waals surface area contributed by atoms with Gasteiger partial charge >= 0.3 is 0 Å². The van der Waals surface area contributed by atoms with Gasteiger partial charge in [-0.3, -0.25) is 4.79 Å². The van der Waals surface area contributed by atoms with E-state index in [0.717, 1.165) is 0 Å². The van der Waals surface area contributed by atoms with Crippen LogP contribution in [0.3, 0.4) is 0 Å². The number of halogens is 1. The minimum absolute atomic E-state index is 0.162. The molecule has 0 spiro atoms. The van der Waals surface area contributed by atoms with E-state index in [1.54, 1.807) is 0 Å². The first kappa shape index (κ1) is 6.24. The van der Waals surface area contributed by atoms with Gasteiger partial charge in [-0.15, -0.1) is 0 Å². The van der Waals surface area contributed by atoms with Crippen LogP contribution in [-0.4, -0.2) is 31.0 Å². The van der Waals surface area contributed by atoms with Gasteiger partial charge in [0.25, 0.3) is 0 Å². The fourth-order valence-corrected chi connectivity index (χ4v) is 1.22. The van der Waals surface area contributed by atoms with E-state index in [2.05, 4.69) is 0 Å². The number of ketones is 1. The molecule has 0 radical (unpaired) electrons. The normalized spacial score (nSPS) is 46.1. The Labute approximate surface area is 57.1 Å². The number of carbonyl (C=O) groups excluding carboxylic acids is 1. The maximum absolute atomic E-state index is 12.6. The van der Waals surface area contributed by atoms with Crippen molar-refractivity contribution in [2.45, 2.75) is 25.0 Å². The highest BCUT2D eigenvalue weighted by Crippen LogP contribution is 2.25. The molecule has 2 rings (SSSR count). The molecule has 56 valence electrons. The molecule has 0 aromatic rings. The van der Waals surface area contributed by atoms with Crippen LogP contribution in [0.25, 0.3) is 0 Å². The highest BCUT2D eigenvalue weighted by atomic mass is 19.1. The van der Waals surface area contributed by atoms with Crippen LogP contribution < -0.4 is 0 Å². The second-order valence-electron chi connectivity index (χ2n) is 2.53. The Kier molecular flexibility index (Phi) is 1.25. The molecule has 3 nitrogen and oxygen atoms in total. The maximum atomic E-state index is 12.6. The van der Waals surface area contributed by atoms with E-state index in [1.807, 2.05) is 0 Å². The smallest absolute Gasteiger partial charge is 0.222 e. The maximum Gasteiger partial charge on any atom is 0.222 e. The van der Waals surface area contributed by atoms with Crippen molar-refractivity contribution in [1.82, 2.24) is 0 Å². The number of hydrogen-bond donors (Lipinski definition) is 0. The molecule has 2 saturated heterocycles. The topological polar surface area (TPSA) is 35.5 Å². The van der Waals surface area contributed by atoms with Gasteiger partial charge in [0.1, 0.15) is 0 Å². The third-order valence-corrected chi connectivity index (χ3v) is 1.76. The van der Waals surface area contributed by atoms with Crippen LogP contribution in [0.4, 0.5) is 4.39 Å². The lowest BCUT2D eigenvalue weighted by Crippen LogP contribution is -2.37. The van der Waals surface area contributed by atoms with Gasteiger partial charge < -0.3 is 9.47 Å². The predicted octanol–water partition coefficient (Wildman–Crippen LogP) is 0.0388. The summed E-state index contributed by atoms with van der Waals surface area (Å²) < 4.78 is 22.4. The van der Waals surface area contributed by atoms with Crippen LogP contribution in [0.1, 0.15) is 6.42 Å². The molecule has 0 aromatic heterocycles. The molecule has 0 aliphatic carbocycles. The molecule has 0 aromatic carbocycles. The Morgan fingerprint density at radius 3 is 3.20 bits per heavy atom. The SMILES string of the molecule is O=C1C(F)C[C@H]2CO[C@@H]1O2. The number of hydrogen-bond acceptors (Lipinski definition) is 3. The summed E-state index contributed by atoms with van der Waals surface area (Å²) in [7, 11) is 0. The van der Waals surface area contributed by atoms with Gasteiger partial charge in [0.15, 0.2) is 6.17 Å². The Bertz CT molecular complexity index is 170. The Morgan fingerprint density at radius 2 is 2.40 bits per heavy atom. The predicted molar refractivity (Wildman–Crippen MR) is 29.1 cm³/mol. The van der Waals surface area contributed by atoms with Crippen LogP contribution >= 0.6 is 0 Å². The van der Waals surface area contributed by atoms with Gasteiger partial charge in [0.05, 0.1) is 12.7 Å². The molecule has 0 amide bonds. The first-order valence-electron chi connectivity index (χ1n) is 3.22. The van der Waals surface area contributed by atoms with E-state index in [9.17, 15) is 9.18 Å². The number of Topliss-reactive ketones (excluding diaryl/α,β-unsaturated/α-hetero) is 1. The van der Waals surface area contributed by atoms with Gasteiger partial charge in [-0.05, 0) is 0 Å². The van der Waals surface area contributed by atoms with Gasteiger partial charge in [0.2, 0.25) is 12.1 Å². The molecule has 2 fully saturated rings. The van der Waals surface area contributed by atoms with Crippen LogP contribution in [-0.2, 0) is 14.3 Å². The Hall–Kier alpha value is -0.480. The second-order valence-corrected chi connectivity index (χ2v) is 2.53. The van der Waals surface area contributed by atoms with Crippen molar-refractivity contribution in [3.63, 3.8) is 0 Å². The molecular formula is C6H7FO3. The standard InChI is InChI=1S/C6H7FO3/c7-4-1-3-2-9-6(10-3)5(4)8/h3-4,6H,1-2H2/t3-,4?,6+/m0/s1. The highest BCUT2D eigenvalue weighted by Gasteiger charge is 2.43. The molecule has 10 heavy (non-hydrogen) atoms. The van der Waals surface area contributed by atoms with E-state index in [4.69, 9.17) is 9.47 Å². The first-order valence-corrected chi connectivity index (χ1v) is 3.22. The minimum Gasteiger partial charge on any atom is -0.343 e. The molecule has 3 atom stereocenters. The average molecular weight is 146 g/mol. The van der Waals surface area contributed by atoms with E-state index < -0.39 is 18.2 Å². The summed E-state index contributed by atoms with van der Waals surface area (Å²) in [5.74, 6) is -0.561. The second kappa shape index (κ2) is 2.00. The summed E-state index contributed by atoms with van der Waals surface area (Å²) >= 11 is 0. The molecule has 2 heterocycles. The number of carbonyl (C=O) groups is 1. The number of rotatable bonds is 0. The molecule has 2 aliphatic rings. The number of fused-ring (bicyclic) bond motifs is 2. The van der Waals surface area contributed by atoms with E-state index in [-0.39, 0.29) is 12.5 Å². The first-order chi connectivity index (χ1) is 4.77. The lowest BCUT2D eigenvalue weighted by atomic mass is 10.1. The van der Waals surface area contributed by atoms with Gasteiger partial charge in [-0.1, -0.05) is 0 Å². The molecule has 0 N–H and O–H groups in total. The molecular weight excluding hydrogens is 139 g/mol. The number of alkyl halides is 1. The summed E-state index contributed by atoms with van der Waals surface area (Å²) in [4.78, 5) is 10.8. The summed E-state index contributed by atoms with van der Waals surface area (Å²) in [5, 5.41) is 0. The van der Waals surface area contributed by atoms with E-state index >= 15 is 0 Å². The fourth-order valence-electron chi connectivity index (χ4n) is 1.22. The van der Waals surface area contributed by atoms with Gasteiger partial charge in [-0.2, -0.15) is 0 Å². The summed E-state index contributed by atoms with van der Waals surface area (Å²) in [6, 6.07) is 0. The van der Waals surface area contributed by atoms with E-state index in [0.29, 0.717) is 6.61 Å². The lowest BCUT2D eigenvalue weighted by molar-refractivity contribution is -0.160. The van der Waals surface area contributed by atoms with Crippen molar-refractivity contribution >= 4 is 5.78 Å². The minimum atomic E-state index is -1.37. The van der Waals surface area contributed by atoms with Gasteiger partial charge in [-0.25, -0.2) is 4.39 Å². The van der Waals surface area contributed by atoms with Crippen LogP contribution in [0.15, 0.2) is 0 Å². The summed E-state index contributed by atoms with van der Waals surface area (Å²) in [6.45, 7) is 0.358. The Balaban J connectivity index is 2.17. The lowest BCUT2D eigenvalue weighted by Gasteiger charge is -2.18. The molecule has 4 heteroatoms.